The molecule has 0 aliphatic rings. The molecule has 0 aliphatic carbocycles. The van der Waals surface area contributed by atoms with Crippen LogP contribution in [-0.4, -0.2) is 0 Å². The second-order valence-electron chi connectivity index (χ2n) is 1.00. The molecule has 0 saturated heterocycles. The monoisotopic (exact) mass is 163 g/mol. The van der Waals surface area contributed by atoms with Crippen molar-refractivity contribution in [3.05, 3.63) is 22.8 Å². The van der Waals surface area contributed by atoms with Crippen LogP contribution in [0.4, 0.5) is 4.39 Å². The van der Waals surface area contributed by atoms with Crippen molar-refractivity contribution < 1.29 is 8.81 Å². The fourth-order valence-corrected chi connectivity index (χ4v) is 0.538. The number of halogens is 2. The SMILES string of the molecule is Fc1[c]oc(Br)c1. The van der Waals surface area contributed by atoms with E-state index in [1.54, 1.807) is 0 Å². The fraction of sp³-hybridized carbons (Fsp3) is 0. The minimum absolute atomic E-state index is 0.366. The molecule has 1 heterocycles. The highest BCUT2D eigenvalue weighted by molar-refractivity contribution is 9.10. The average molecular weight is 164 g/mol. The van der Waals surface area contributed by atoms with Gasteiger partial charge in [0.1, 0.15) is 0 Å². The first-order valence-electron chi connectivity index (χ1n) is 1.61. The first-order chi connectivity index (χ1) is 3.29. The van der Waals surface area contributed by atoms with Crippen LogP contribution in [-0.2, 0) is 0 Å². The van der Waals surface area contributed by atoms with E-state index in [4.69, 9.17) is 0 Å². The van der Waals surface area contributed by atoms with Crippen LogP contribution in [0.5, 0.6) is 0 Å². The molecule has 0 N–H and O–H groups in total. The predicted octanol–water partition coefficient (Wildman–Crippen LogP) is 1.98. The molecular formula is C4HBrFO. The highest BCUT2D eigenvalue weighted by Crippen LogP contribution is 2.10. The Morgan fingerprint density at radius 2 is 2.57 bits per heavy atom. The van der Waals surface area contributed by atoms with Gasteiger partial charge in [-0.25, -0.2) is 4.39 Å². The largest absolute Gasteiger partial charge is 0.443 e. The quantitative estimate of drug-likeness (QED) is 0.571. The zero-order valence-corrected chi connectivity index (χ0v) is 4.83. The molecule has 0 saturated carbocycles. The van der Waals surface area contributed by atoms with Crippen LogP contribution < -0.4 is 0 Å². The van der Waals surface area contributed by atoms with Crippen LogP contribution in [0.2, 0.25) is 0 Å². The van der Waals surface area contributed by atoms with Gasteiger partial charge in [0.15, 0.2) is 10.5 Å². The van der Waals surface area contributed by atoms with Crippen LogP contribution in [0.15, 0.2) is 15.2 Å². The highest BCUT2D eigenvalue weighted by Gasteiger charge is 1.93. The summed E-state index contributed by atoms with van der Waals surface area (Å²) < 4.78 is 16.5. The maximum absolute atomic E-state index is 11.7. The van der Waals surface area contributed by atoms with Crippen molar-refractivity contribution in [1.29, 1.82) is 0 Å². The third kappa shape index (κ3) is 1.03. The molecule has 0 aliphatic heterocycles. The summed E-state index contributed by atoms with van der Waals surface area (Å²) in [6.07, 6.45) is 1.98. The third-order valence-electron chi connectivity index (χ3n) is 0.486. The first-order valence-corrected chi connectivity index (χ1v) is 2.41. The summed E-state index contributed by atoms with van der Waals surface area (Å²) in [7, 11) is 0. The van der Waals surface area contributed by atoms with Crippen molar-refractivity contribution in [3.63, 3.8) is 0 Å². The van der Waals surface area contributed by atoms with Crippen LogP contribution in [0.25, 0.3) is 0 Å². The van der Waals surface area contributed by atoms with Crippen LogP contribution in [0.1, 0.15) is 0 Å². The number of rotatable bonds is 0. The molecule has 3 heteroatoms. The van der Waals surface area contributed by atoms with E-state index in [1.807, 2.05) is 6.26 Å². The summed E-state index contributed by atoms with van der Waals surface area (Å²) in [5.74, 6) is -0.480. The Bertz CT molecular complexity index is 144. The summed E-state index contributed by atoms with van der Waals surface area (Å²) in [6.45, 7) is 0. The standard InChI is InChI=1S/C4HBrFO/c5-4-1-3(6)2-7-4/h1H. The van der Waals surface area contributed by atoms with E-state index in [1.165, 1.54) is 6.07 Å². The van der Waals surface area contributed by atoms with Gasteiger partial charge in [-0.1, -0.05) is 0 Å². The lowest BCUT2D eigenvalue weighted by Crippen LogP contribution is -1.51. The third-order valence-corrected chi connectivity index (χ3v) is 0.877. The van der Waals surface area contributed by atoms with E-state index in [0.717, 1.165) is 0 Å². The molecule has 1 aromatic heterocycles. The molecule has 0 atom stereocenters. The first kappa shape index (κ1) is 4.84. The molecule has 0 spiro atoms. The molecule has 1 radical (unpaired) electrons. The lowest BCUT2D eigenvalue weighted by Gasteiger charge is -1.64. The van der Waals surface area contributed by atoms with Gasteiger partial charge in [0, 0.05) is 6.07 Å². The van der Waals surface area contributed by atoms with E-state index in [9.17, 15) is 4.39 Å². The van der Waals surface area contributed by atoms with Gasteiger partial charge in [0.05, 0.1) is 0 Å². The topological polar surface area (TPSA) is 13.1 Å². The zero-order valence-electron chi connectivity index (χ0n) is 3.24. The van der Waals surface area contributed by atoms with Gasteiger partial charge in [-0.2, -0.15) is 0 Å². The van der Waals surface area contributed by atoms with Crippen molar-refractivity contribution in [2.75, 3.05) is 0 Å². The van der Waals surface area contributed by atoms with Crippen molar-refractivity contribution in [2.45, 2.75) is 0 Å². The predicted molar refractivity (Wildman–Crippen MR) is 25.2 cm³/mol. The Hall–Kier alpha value is -0.310. The van der Waals surface area contributed by atoms with E-state index in [0.29, 0.717) is 4.67 Å². The normalized spacial score (nSPS) is 9.43. The average Bonchev–Trinajstić information content (AvgIpc) is 1.87. The van der Waals surface area contributed by atoms with Gasteiger partial charge in [-0.3, -0.25) is 0 Å². The van der Waals surface area contributed by atoms with Crippen LogP contribution in [0.3, 0.4) is 0 Å². The van der Waals surface area contributed by atoms with Crippen molar-refractivity contribution in [3.8, 4) is 0 Å². The molecule has 0 aromatic carbocycles. The molecular weight excluding hydrogens is 163 g/mol. The van der Waals surface area contributed by atoms with E-state index in [2.05, 4.69) is 20.3 Å². The molecule has 0 bridgehead atoms. The van der Waals surface area contributed by atoms with Crippen molar-refractivity contribution in [1.82, 2.24) is 0 Å². The van der Waals surface area contributed by atoms with Crippen molar-refractivity contribution >= 4 is 15.9 Å². The Balaban J connectivity index is 3.04. The molecule has 1 nitrogen and oxygen atoms in total. The maximum atomic E-state index is 11.7. The smallest absolute Gasteiger partial charge is 0.209 e. The lowest BCUT2D eigenvalue weighted by molar-refractivity contribution is 0.506. The fourth-order valence-electron chi connectivity index (χ4n) is 0.256. The number of hydrogen-bond acceptors (Lipinski definition) is 1. The van der Waals surface area contributed by atoms with Gasteiger partial charge in [0.2, 0.25) is 6.26 Å². The number of hydrogen-bond donors (Lipinski definition) is 0. The zero-order chi connectivity index (χ0) is 5.28. The Morgan fingerprint density at radius 3 is 2.71 bits per heavy atom. The second-order valence-corrected chi connectivity index (χ2v) is 1.78. The molecule has 7 heavy (non-hydrogen) atoms. The summed E-state index contributed by atoms with van der Waals surface area (Å²) in [5, 5.41) is 0. The molecule has 0 fully saturated rings. The van der Waals surface area contributed by atoms with Crippen molar-refractivity contribution in [2.24, 2.45) is 0 Å². The van der Waals surface area contributed by atoms with E-state index < -0.39 is 5.82 Å². The molecule has 1 aromatic rings. The van der Waals surface area contributed by atoms with Gasteiger partial charge in [-0.15, -0.1) is 0 Å². The summed E-state index contributed by atoms with van der Waals surface area (Å²) >= 11 is 2.89. The van der Waals surface area contributed by atoms with E-state index in [-0.39, 0.29) is 0 Å². The summed E-state index contributed by atoms with van der Waals surface area (Å²) in [5.41, 5.74) is 0. The number of furan rings is 1. The van der Waals surface area contributed by atoms with E-state index >= 15 is 0 Å². The van der Waals surface area contributed by atoms with Gasteiger partial charge >= 0.3 is 0 Å². The maximum Gasteiger partial charge on any atom is 0.209 e. The Morgan fingerprint density at radius 1 is 1.86 bits per heavy atom. The van der Waals surface area contributed by atoms with Gasteiger partial charge < -0.3 is 4.42 Å². The minimum atomic E-state index is -0.480. The molecule has 0 unspecified atom stereocenters. The highest BCUT2D eigenvalue weighted by atomic mass is 79.9. The lowest BCUT2D eigenvalue weighted by atomic mass is 10.6. The van der Waals surface area contributed by atoms with Gasteiger partial charge in [-0.05, 0) is 15.9 Å². The summed E-state index contributed by atoms with van der Waals surface area (Å²) in [6, 6.07) is 1.19. The molecule has 37 valence electrons. The second kappa shape index (κ2) is 1.66. The molecule has 1 rings (SSSR count). The Kier molecular flexibility index (Phi) is 1.15. The Labute approximate surface area is 48.3 Å². The van der Waals surface area contributed by atoms with Crippen LogP contribution >= 0.6 is 15.9 Å². The van der Waals surface area contributed by atoms with Gasteiger partial charge in [0.25, 0.3) is 0 Å². The summed E-state index contributed by atoms with van der Waals surface area (Å²) in [4.78, 5) is 0. The van der Waals surface area contributed by atoms with Crippen LogP contribution in [0, 0.1) is 12.1 Å². The molecule has 0 amide bonds. The minimum Gasteiger partial charge on any atom is -0.443 e.